The van der Waals surface area contributed by atoms with Crippen molar-refractivity contribution in [3.05, 3.63) is 52.6 Å². The van der Waals surface area contributed by atoms with E-state index in [0.29, 0.717) is 12.8 Å². The molecular formula is C19H22BrN3O2. The minimum absolute atomic E-state index is 0.0970. The highest BCUT2D eigenvalue weighted by molar-refractivity contribution is 9.10. The van der Waals surface area contributed by atoms with Crippen LogP contribution in [0.15, 0.2) is 47.1 Å². The maximum absolute atomic E-state index is 12.2. The van der Waals surface area contributed by atoms with Gasteiger partial charge in [-0.2, -0.15) is 0 Å². The fourth-order valence-corrected chi connectivity index (χ4v) is 3.64. The van der Waals surface area contributed by atoms with E-state index >= 15 is 0 Å². The standard InChI is InChI=1S/C19H22BrN3O2/c1-25-17-7-5-14(12-16(17)20)6-8-19(24)22-15-9-11-23(13-15)18-4-2-3-10-21-18/h2-5,7,10,12,15H,6,8-9,11,13H2,1H3,(H,22,24)/t15-/m0/s1. The minimum atomic E-state index is 0.0970. The molecule has 1 aliphatic heterocycles. The van der Waals surface area contributed by atoms with Crippen LogP contribution in [0.2, 0.25) is 0 Å². The lowest BCUT2D eigenvalue weighted by Crippen LogP contribution is -2.37. The van der Waals surface area contributed by atoms with Crippen LogP contribution in [-0.2, 0) is 11.2 Å². The first-order chi connectivity index (χ1) is 12.2. The number of pyridine rings is 1. The number of nitrogens with zero attached hydrogens (tertiary/aromatic N) is 2. The summed E-state index contributed by atoms with van der Waals surface area (Å²) in [5.41, 5.74) is 1.12. The Morgan fingerprint density at radius 1 is 1.40 bits per heavy atom. The first-order valence-corrected chi connectivity index (χ1v) is 9.23. The molecule has 1 amide bonds. The number of benzene rings is 1. The van der Waals surface area contributed by atoms with Gasteiger partial charge in [0.15, 0.2) is 0 Å². The Labute approximate surface area is 156 Å². The lowest BCUT2D eigenvalue weighted by atomic mass is 10.1. The van der Waals surface area contributed by atoms with Crippen molar-refractivity contribution in [3.63, 3.8) is 0 Å². The highest BCUT2D eigenvalue weighted by atomic mass is 79.9. The molecule has 0 bridgehead atoms. The molecule has 1 saturated heterocycles. The molecule has 0 unspecified atom stereocenters. The molecule has 2 aromatic rings. The number of methoxy groups -OCH3 is 1. The van der Waals surface area contributed by atoms with Gasteiger partial charge in [0.1, 0.15) is 11.6 Å². The van der Waals surface area contributed by atoms with Crippen LogP contribution in [0.1, 0.15) is 18.4 Å². The fourth-order valence-electron chi connectivity index (χ4n) is 3.05. The van der Waals surface area contributed by atoms with Crippen molar-refractivity contribution in [2.75, 3.05) is 25.1 Å². The average Bonchev–Trinajstić information content (AvgIpc) is 3.09. The predicted molar refractivity (Wildman–Crippen MR) is 102 cm³/mol. The van der Waals surface area contributed by atoms with E-state index in [1.54, 1.807) is 13.3 Å². The molecule has 6 heteroatoms. The van der Waals surface area contributed by atoms with Gasteiger partial charge in [-0.25, -0.2) is 4.98 Å². The molecular weight excluding hydrogens is 382 g/mol. The molecule has 25 heavy (non-hydrogen) atoms. The lowest BCUT2D eigenvalue weighted by molar-refractivity contribution is -0.121. The van der Waals surface area contributed by atoms with Gasteiger partial charge in [-0.05, 0) is 58.6 Å². The van der Waals surface area contributed by atoms with Crippen molar-refractivity contribution in [1.82, 2.24) is 10.3 Å². The summed E-state index contributed by atoms with van der Waals surface area (Å²) in [6.07, 6.45) is 3.95. The second kappa shape index (κ2) is 8.34. The van der Waals surface area contributed by atoms with Gasteiger partial charge in [0, 0.05) is 31.7 Å². The van der Waals surface area contributed by atoms with Crippen LogP contribution in [0, 0.1) is 0 Å². The third-order valence-corrected chi connectivity index (χ3v) is 5.00. The van der Waals surface area contributed by atoms with Crippen molar-refractivity contribution < 1.29 is 9.53 Å². The Morgan fingerprint density at radius 3 is 3.00 bits per heavy atom. The van der Waals surface area contributed by atoms with Crippen molar-refractivity contribution in [3.8, 4) is 5.75 Å². The van der Waals surface area contributed by atoms with Crippen LogP contribution in [-0.4, -0.2) is 37.1 Å². The van der Waals surface area contributed by atoms with Crippen molar-refractivity contribution in [2.24, 2.45) is 0 Å². The van der Waals surface area contributed by atoms with Gasteiger partial charge in [-0.15, -0.1) is 0 Å². The van der Waals surface area contributed by atoms with E-state index in [0.717, 1.165) is 41.1 Å². The normalized spacial score (nSPS) is 16.7. The topological polar surface area (TPSA) is 54.5 Å². The molecule has 1 aliphatic rings. The fraction of sp³-hybridized carbons (Fsp3) is 0.368. The van der Waals surface area contributed by atoms with Gasteiger partial charge in [0.05, 0.1) is 11.6 Å². The van der Waals surface area contributed by atoms with E-state index in [2.05, 4.69) is 31.1 Å². The maximum atomic E-state index is 12.2. The highest BCUT2D eigenvalue weighted by Crippen LogP contribution is 2.26. The van der Waals surface area contributed by atoms with Crippen molar-refractivity contribution in [1.29, 1.82) is 0 Å². The van der Waals surface area contributed by atoms with Crippen LogP contribution in [0.4, 0.5) is 5.82 Å². The molecule has 5 nitrogen and oxygen atoms in total. The van der Waals surface area contributed by atoms with E-state index < -0.39 is 0 Å². The van der Waals surface area contributed by atoms with Gasteiger partial charge in [0.2, 0.25) is 5.91 Å². The van der Waals surface area contributed by atoms with Crippen molar-refractivity contribution >= 4 is 27.7 Å². The van der Waals surface area contributed by atoms with Crippen LogP contribution >= 0.6 is 15.9 Å². The number of rotatable bonds is 6. The molecule has 1 aromatic heterocycles. The SMILES string of the molecule is COc1ccc(CCC(=O)N[C@H]2CCN(c3ccccn3)C2)cc1Br. The Bertz CT molecular complexity index is 724. The molecule has 1 aromatic carbocycles. The number of hydrogen-bond acceptors (Lipinski definition) is 4. The summed E-state index contributed by atoms with van der Waals surface area (Å²) in [5.74, 6) is 1.87. The summed E-state index contributed by atoms with van der Waals surface area (Å²) in [6, 6.07) is 12.0. The summed E-state index contributed by atoms with van der Waals surface area (Å²) in [6.45, 7) is 1.74. The third-order valence-electron chi connectivity index (χ3n) is 4.38. The first kappa shape index (κ1) is 17.7. The number of ether oxygens (including phenoxy) is 1. The van der Waals surface area contributed by atoms with Gasteiger partial charge in [0.25, 0.3) is 0 Å². The number of halogens is 1. The van der Waals surface area contributed by atoms with Crippen LogP contribution in [0.3, 0.4) is 0 Å². The van der Waals surface area contributed by atoms with Crippen LogP contribution in [0.5, 0.6) is 5.75 Å². The molecule has 0 aliphatic carbocycles. The Kier molecular flexibility index (Phi) is 5.91. The largest absolute Gasteiger partial charge is 0.496 e. The molecule has 0 saturated carbocycles. The average molecular weight is 404 g/mol. The van der Waals surface area contributed by atoms with E-state index in [1.807, 2.05) is 36.4 Å². The van der Waals surface area contributed by atoms with E-state index in [9.17, 15) is 4.79 Å². The first-order valence-electron chi connectivity index (χ1n) is 8.43. The van der Waals surface area contributed by atoms with Crippen LogP contribution in [0.25, 0.3) is 0 Å². The Hall–Kier alpha value is -2.08. The number of carbonyl (C=O) groups is 1. The van der Waals surface area contributed by atoms with E-state index in [-0.39, 0.29) is 11.9 Å². The quantitative estimate of drug-likeness (QED) is 0.804. The highest BCUT2D eigenvalue weighted by Gasteiger charge is 2.24. The summed E-state index contributed by atoms with van der Waals surface area (Å²) in [5, 5.41) is 3.14. The minimum Gasteiger partial charge on any atom is -0.496 e. The monoisotopic (exact) mass is 403 g/mol. The molecule has 132 valence electrons. The smallest absolute Gasteiger partial charge is 0.220 e. The molecule has 0 spiro atoms. The second-order valence-electron chi connectivity index (χ2n) is 6.16. The van der Waals surface area contributed by atoms with Gasteiger partial charge in [-0.1, -0.05) is 12.1 Å². The van der Waals surface area contributed by atoms with Gasteiger partial charge < -0.3 is 15.0 Å². The summed E-state index contributed by atoms with van der Waals surface area (Å²) < 4.78 is 6.14. The molecule has 0 radical (unpaired) electrons. The molecule has 1 fully saturated rings. The molecule has 2 heterocycles. The van der Waals surface area contributed by atoms with Crippen molar-refractivity contribution in [2.45, 2.75) is 25.3 Å². The molecule has 1 atom stereocenters. The summed E-state index contributed by atoms with van der Waals surface area (Å²) >= 11 is 3.48. The number of anilines is 1. The summed E-state index contributed by atoms with van der Waals surface area (Å²) in [4.78, 5) is 18.8. The zero-order valence-electron chi connectivity index (χ0n) is 14.2. The zero-order chi connectivity index (χ0) is 17.6. The molecule has 3 rings (SSSR count). The number of amides is 1. The van der Waals surface area contributed by atoms with Crippen LogP contribution < -0.4 is 15.0 Å². The molecule has 1 N–H and O–H groups in total. The van der Waals surface area contributed by atoms with E-state index in [1.165, 1.54) is 0 Å². The number of aryl methyl sites for hydroxylation is 1. The Balaban J connectivity index is 1.46. The van der Waals surface area contributed by atoms with E-state index in [4.69, 9.17) is 4.74 Å². The number of carbonyl (C=O) groups excluding carboxylic acids is 1. The number of hydrogen-bond donors (Lipinski definition) is 1. The number of nitrogens with one attached hydrogen (secondary N) is 1. The summed E-state index contributed by atoms with van der Waals surface area (Å²) in [7, 11) is 1.64. The second-order valence-corrected chi connectivity index (χ2v) is 7.01. The third kappa shape index (κ3) is 4.72. The predicted octanol–water partition coefficient (Wildman–Crippen LogP) is 3.18. The lowest BCUT2D eigenvalue weighted by Gasteiger charge is -2.17. The van der Waals surface area contributed by atoms with Gasteiger partial charge >= 0.3 is 0 Å². The van der Waals surface area contributed by atoms with Gasteiger partial charge in [-0.3, -0.25) is 4.79 Å². The number of aromatic nitrogens is 1. The zero-order valence-corrected chi connectivity index (χ0v) is 15.8. The Morgan fingerprint density at radius 2 is 2.28 bits per heavy atom. The maximum Gasteiger partial charge on any atom is 0.220 e.